The minimum atomic E-state index is -1.17. The summed E-state index contributed by atoms with van der Waals surface area (Å²) in [4.78, 5) is 40.0. The molecule has 0 unspecified atom stereocenters. The quantitative estimate of drug-likeness (QED) is 0.776. The number of hydrogen-bond donors (Lipinski definition) is 1. The molecule has 0 bridgehead atoms. The summed E-state index contributed by atoms with van der Waals surface area (Å²) in [6.07, 6.45) is 0. The number of carbonyl (C=O) groups excluding carboxylic acids is 3. The first kappa shape index (κ1) is 16.9. The van der Waals surface area contributed by atoms with Crippen LogP contribution in [0, 0.1) is 0 Å². The van der Waals surface area contributed by atoms with E-state index in [1.807, 2.05) is 6.07 Å². The molecule has 4 amide bonds. The third kappa shape index (κ3) is 3.03. The standard InChI is InChI=1S/C16H18BrN3O4/c1-16(11-3-2-4-12(17)9-11)14(22)20(15(23)18-16)10-13(21)19-5-7-24-8-6-19/h2-4,9H,5-8,10H2,1H3,(H,18,23)/t16-/m0/s1. The predicted molar refractivity (Wildman–Crippen MR) is 89.1 cm³/mol. The van der Waals surface area contributed by atoms with Crippen molar-refractivity contribution in [1.82, 2.24) is 15.1 Å². The lowest BCUT2D eigenvalue weighted by Gasteiger charge is -2.28. The first-order valence-corrected chi connectivity index (χ1v) is 8.47. The lowest BCUT2D eigenvalue weighted by atomic mass is 9.92. The van der Waals surface area contributed by atoms with Crippen molar-refractivity contribution in [2.24, 2.45) is 0 Å². The number of amides is 4. The summed E-state index contributed by atoms with van der Waals surface area (Å²) < 4.78 is 6.02. The van der Waals surface area contributed by atoms with Crippen LogP contribution in [0.2, 0.25) is 0 Å². The van der Waals surface area contributed by atoms with E-state index in [1.54, 1.807) is 30.0 Å². The minimum Gasteiger partial charge on any atom is -0.378 e. The summed E-state index contributed by atoms with van der Waals surface area (Å²) in [5, 5.41) is 2.70. The number of nitrogens with one attached hydrogen (secondary N) is 1. The Morgan fingerprint density at radius 2 is 2.04 bits per heavy atom. The van der Waals surface area contributed by atoms with Crippen LogP contribution in [0.25, 0.3) is 0 Å². The fourth-order valence-electron chi connectivity index (χ4n) is 2.88. The SMILES string of the molecule is C[C@@]1(c2cccc(Br)c2)NC(=O)N(CC(=O)N2CCOCC2)C1=O. The van der Waals surface area contributed by atoms with E-state index in [4.69, 9.17) is 4.74 Å². The Balaban J connectivity index is 1.77. The van der Waals surface area contributed by atoms with E-state index in [1.165, 1.54) is 0 Å². The Labute approximate surface area is 148 Å². The van der Waals surface area contributed by atoms with Crippen LogP contribution >= 0.6 is 15.9 Å². The fraction of sp³-hybridized carbons (Fsp3) is 0.438. The van der Waals surface area contributed by atoms with Crippen molar-refractivity contribution in [3.63, 3.8) is 0 Å². The Morgan fingerprint density at radius 3 is 2.71 bits per heavy atom. The highest BCUT2D eigenvalue weighted by Gasteiger charge is 2.49. The van der Waals surface area contributed by atoms with Gasteiger partial charge in [-0.25, -0.2) is 4.79 Å². The maximum absolute atomic E-state index is 12.8. The van der Waals surface area contributed by atoms with Gasteiger partial charge in [-0.05, 0) is 24.6 Å². The van der Waals surface area contributed by atoms with Gasteiger partial charge in [0.2, 0.25) is 5.91 Å². The topological polar surface area (TPSA) is 79.0 Å². The van der Waals surface area contributed by atoms with Gasteiger partial charge in [0.15, 0.2) is 0 Å². The minimum absolute atomic E-state index is 0.250. The molecule has 1 aromatic rings. The average molecular weight is 396 g/mol. The molecule has 2 aliphatic heterocycles. The molecule has 0 aliphatic carbocycles. The van der Waals surface area contributed by atoms with Crippen molar-refractivity contribution in [3.05, 3.63) is 34.3 Å². The molecule has 1 aromatic carbocycles. The van der Waals surface area contributed by atoms with Crippen LogP contribution in [0.1, 0.15) is 12.5 Å². The van der Waals surface area contributed by atoms with Crippen molar-refractivity contribution < 1.29 is 19.1 Å². The number of halogens is 1. The average Bonchev–Trinajstić information content (AvgIpc) is 2.80. The second kappa shape index (κ2) is 6.52. The van der Waals surface area contributed by atoms with Gasteiger partial charge in [-0.2, -0.15) is 0 Å². The lowest BCUT2D eigenvalue weighted by molar-refractivity contribution is -0.141. The van der Waals surface area contributed by atoms with Gasteiger partial charge in [-0.15, -0.1) is 0 Å². The van der Waals surface area contributed by atoms with Gasteiger partial charge in [0.05, 0.1) is 13.2 Å². The van der Waals surface area contributed by atoms with E-state index in [0.717, 1.165) is 9.37 Å². The number of urea groups is 1. The smallest absolute Gasteiger partial charge is 0.325 e. The molecule has 1 N–H and O–H groups in total. The number of benzene rings is 1. The molecule has 7 nitrogen and oxygen atoms in total. The van der Waals surface area contributed by atoms with Crippen LogP contribution in [0.4, 0.5) is 4.79 Å². The molecule has 0 aromatic heterocycles. The van der Waals surface area contributed by atoms with Gasteiger partial charge in [0.25, 0.3) is 5.91 Å². The van der Waals surface area contributed by atoms with Gasteiger partial charge in [-0.3, -0.25) is 14.5 Å². The predicted octanol–water partition coefficient (Wildman–Crippen LogP) is 1.07. The van der Waals surface area contributed by atoms with Gasteiger partial charge >= 0.3 is 6.03 Å². The second-order valence-corrected chi connectivity index (χ2v) is 6.87. The van der Waals surface area contributed by atoms with Gasteiger partial charge < -0.3 is 15.0 Å². The maximum atomic E-state index is 12.8. The zero-order valence-electron chi connectivity index (χ0n) is 13.3. The molecule has 128 valence electrons. The van der Waals surface area contributed by atoms with Gasteiger partial charge in [0, 0.05) is 17.6 Å². The summed E-state index contributed by atoms with van der Waals surface area (Å²) in [5.74, 6) is -0.674. The van der Waals surface area contributed by atoms with Crippen molar-refractivity contribution in [1.29, 1.82) is 0 Å². The molecule has 0 spiro atoms. The number of nitrogens with zero attached hydrogens (tertiary/aromatic N) is 2. The zero-order valence-corrected chi connectivity index (χ0v) is 14.8. The highest BCUT2D eigenvalue weighted by atomic mass is 79.9. The van der Waals surface area contributed by atoms with Crippen LogP contribution in [-0.4, -0.2) is 60.5 Å². The number of hydrogen-bond acceptors (Lipinski definition) is 4. The highest BCUT2D eigenvalue weighted by molar-refractivity contribution is 9.10. The number of ether oxygens (including phenoxy) is 1. The Kier molecular flexibility index (Phi) is 4.60. The molecule has 3 rings (SSSR count). The van der Waals surface area contributed by atoms with Crippen LogP contribution < -0.4 is 5.32 Å². The molecule has 0 radical (unpaired) electrons. The van der Waals surface area contributed by atoms with Crippen LogP contribution in [-0.2, 0) is 19.9 Å². The second-order valence-electron chi connectivity index (χ2n) is 5.95. The highest BCUT2D eigenvalue weighted by Crippen LogP contribution is 2.30. The zero-order chi connectivity index (χ0) is 17.3. The molecule has 2 aliphatic rings. The Hall–Kier alpha value is -1.93. The number of imide groups is 1. The monoisotopic (exact) mass is 395 g/mol. The van der Waals surface area contributed by atoms with Gasteiger partial charge in [0.1, 0.15) is 12.1 Å². The molecule has 0 saturated carbocycles. The van der Waals surface area contributed by atoms with E-state index in [2.05, 4.69) is 21.2 Å². The van der Waals surface area contributed by atoms with Crippen molar-refractivity contribution >= 4 is 33.8 Å². The summed E-state index contributed by atoms with van der Waals surface area (Å²) in [5.41, 5.74) is -0.511. The van der Waals surface area contributed by atoms with E-state index in [9.17, 15) is 14.4 Å². The van der Waals surface area contributed by atoms with Crippen LogP contribution in [0.5, 0.6) is 0 Å². The Morgan fingerprint density at radius 1 is 1.33 bits per heavy atom. The van der Waals surface area contributed by atoms with Crippen LogP contribution in [0.15, 0.2) is 28.7 Å². The molecule has 2 fully saturated rings. The number of carbonyl (C=O) groups is 3. The summed E-state index contributed by atoms with van der Waals surface area (Å²) in [6.45, 7) is 3.29. The van der Waals surface area contributed by atoms with E-state index < -0.39 is 17.5 Å². The number of rotatable bonds is 3. The van der Waals surface area contributed by atoms with E-state index in [-0.39, 0.29) is 12.5 Å². The summed E-state index contributed by atoms with van der Waals surface area (Å²) in [6, 6.07) is 6.64. The fourth-order valence-corrected chi connectivity index (χ4v) is 3.28. The first-order valence-electron chi connectivity index (χ1n) is 7.67. The molecule has 8 heteroatoms. The summed E-state index contributed by atoms with van der Waals surface area (Å²) >= 11 is 3.37. The molecule has 1 atom stereocenters. The van der Waals surface area contributed by atoms with Gasteiger partial charge in [-0.1, -0.05) is 28.1 Å². The van der Waals surface area contributed by atoms with E-state index >= 15 is 0 Å². The maximum Gasteiger partial charge on any atom is 0.325 e. The third-order valence-electron chi connectivity index (χ3n) is 4.33. The Bertz CT molecular complexity index is 690. The molecular weight excluding hydrogens is 378 g/mol. The third-order valence-corrected chi connectivity index (χ3v) is 4.83. The largest absolute Gasteiger partial charge is 0.378 e. The molecule has 2 heterocycles. The van der Waals surface area contributed by atoms with Crippen LogP contribution in [0.3, 0.4) is 0 Å². The summed E-state index contributed by atoms with van der Waals surface area (Å²) in [7, 11) is 0. The van der Waals surface area contributed by atoms with Crippen molar-refractivity contribution in [3.8, 4) is 0 Å². The van der Waals surface area contributed by atoms with Crippen molar-refractivity contribution in [2.45, 2.75) is 12.5 Å². The normalized spacial score (nSPS) is 24.2. The molecule has 24 heavy (non-hydrogen) atoms. The van der Waals surface area contributed by atoms with Crippen molar-refractivity contribution in [2.75, 3.05) is 32.8 Å². The van der Waals surface area contributed by atoms with E-state index in [0.29, 0.717) is 31.9 Å². The lowest BCUT2D eigenvalue weighted by Crippen LogP contribution is -2.47. The molecular formula is C16H18BrN3O4. The molecule has 2 saturated heterocycles. The first-order chi connectivity index (χ1) is 11.4. The number of morpholine rings is 1.